The monoisotopic (exact) mass is 554 g/mol. The van der Waals surface area contributed by atoms with E-state index in [1.165, 1.54) is 11.3 Å². The second-order valence-electron chi connectivity index (χ2n) is 8.23. The van der Waals surface area contributed by atoms with Crippen LogP contribution >= 0.6 is 39.1 Å². The van der Waals surface area contributed by atoms with Crippen LogP contribution in [0, 0.1) is 0 Å². The maximum atomic E-state index is 13.3. The number of ether oxygens (including phenoxy) is 1. The first-order valence-electron chi connectivity index (χ1n) is 11.3. The van der Waals surface area contributed by atoms with Crippen LogP contribution in [0.1, 0.15) is 51.0 Å². The quantitative estimate of drug-likeness (QED) is 0.390. The van der Waals surface area contributed by atoms with Gasteiger partial charge in [-0.05, 0) is 55.7 Å². The van der Waals surface area contributed by atoms with Crippen molar-refractivity contribution in [3.05, 3.63) is 62.5 Å². The van der Waals surface area contributed by atoms with Crippen molar-refractivity contribution in [3.63, 3.8) is 0 Å². The molecule has 2 aromatic carbocycles. The van der Waals surface area contributed by atoms with Crippen LogP contribution in [-0.2, 0) is 16.1 Å². The molecule has 3 rings (SSSR count). The van der Waals surface area contributed by atoms with Gasteiger partial charge in [0.15, 0.2) is 6.61 Å². The van der Waals surface area contributed by atoms with Crippen molar-refractivity contribution in [2.24, 2.45) is 0 Å². The van der Waals surface area contributed by atoms with E-state index in [1.54, 1.807) is 30.3 Å². The molecular weight excluding hydrogens is 527 g/mol. The SMILES string of the molecule is CC[C@H](C(=O)NC1CCCCC1)N(Cc1c(Cl)cccc1Cl)C(=O)COc1ccc(Br)cc1. The number of halogens is 3. The van der Waals surface area contributed by atoms with E-state index < -0.39 is 6.04 Å². The van der Waals surface area contributed by atoms with Crippen molar-refractivity contribution >= 4 is 50.9 Å². The van der Waals surface area contributed by atoms with E-state index in [1.807, 2.05) is 19.1 Å². The summed E-state index contributed by atoms with van der Waals surface area (Å²) >= 11 is 16.2. The highest BCUT2D eigenvalue weighted by atomic mass is 79.9. The van der Waals surface area contributed by atoms with Crippen LogP contribution in [0.4, 0.5) is 0 Å². The lowest BCUT2D eigenvalue weighted by Crippen LogP contribution is -2.52. The largest absolute Gasteiger partial charge is 0.484 e. The molecular formula is C25H29BrCl2N2O3. The van der Waals surface area contributed by atoms with Crippen molar-refractivity contribution in [2.45, 2.75) is 64.1 Å². The highest BCUT2D eigenvalue weighted by Gasteiger charge is 2.31. The summed E-state index contributed by atoms with van der Waals surface area (Å²) in [5.74, 6) is 0.117. The molecule has 178 valence electrons. The molecule has 1 atom stereocenters. The molecule has 1 N–H and O–H groups in total. The fourth-order valence-corrected chi connectivity index (χ4v) is 4.86. The lowest BCUT2D eigenvalue weighted by molar-refractivity contribution is -0.143. The summed E-state index contributed by atoms with van der Waals surface area (Å²) in [6, 6.07) is 11.9. The van der Waals surface area contributed by atoms with Gasteiger partial charge in [0.05, 0.1) is 0 Å². The average molecular weight is 556 g/mol. The van der Waals surface area contributed by atoms with Gasteiger partial charge < -0.3 is 15.0 Å². The van der Waals surface area contributed by atoms with E-state index in [2.05, 4.69) is 21.2 Å². The van der Waals surface area contributed by atoms with Crippen LogP contribution in [0.2, 0.25) is 10.0 Å². The average Bonchev–Trinajstić information content (AvgIpc) is 2.81. The molecule has 2 aromatic rings. The fourth-order valence-electron chi connectivity index (χ4n) is 4.08. The first-order chi connectivity index (χ1) is 15.9. The molecule has 0 heterocycles. The molecule has 0 aliphatic heterocycles. The Bertz CT molecular complexity index is 929. The van der Waals surface area contributed by atoms with Gasteiger partial charge in [0, 0.05) is 32.7 Å². The maximum Gasteiger partial charge on any atom is 0.261 e. The lowest BCUT2D eigenvalue weighted by Gasteiger charge is -2.33. The number of rotatable bonds is 9. The van der Waals surface area contributed by atoms with Gasteiger partial charge in [0.25, 0.3) is 5.91 Å². The minimum atomic E-state index is -0.653. The van der Waals surface area contributed by atoms with Gasteiger partial charge in [0.1, 0.15) is 11.8 Å². The van der Waals surface area contributed by atoms with Crippen LogP contribution < -0.4 is 10.1 Å². The molecule has 0 radical (unpaired) electrons. The third kappa shape index (κ3) is 7.36. The Morgan fingerprint density at radius 3 is 2.33 bits per heavy atom. The summed E-state index contributed by atoms with van der Waals surface area (Å²) in [6.07, 6.45) is 5.83. The van der Waals surface area contributed by atoms with E-state index in [-0.39, 0.29) is 31.0 Å². The third-order valence-electron chi connectivity index (χ3n) is 5.90. The molecule has 33 heavy (non-hydrogen) atoms. The van der Waals surface area contributed by atoms with Crippen LogP contribution in [0.25, 0.3) is 0 Å². The molecule has 0 unspecified atom stereocenters. The summed E-state index contributed by atoms with van der Waals surface area (Å²) < 4.78 is 6.63. The number of benzene rings is 2. The van der Waals surface area contributed by atoms with Crippen molar-refractivity contribution < 1.29 is 14.3 Å². The minimum absolute atomic E-state index is 0.123. The van der Waals surface area contributed by atoms with Gasteiger partial charge >= 0.3 is 0 Å². The minimum Gasteiger partial charge on any atom is -0.484 e. The number of amides is 2. The Morgan fingerprint density at radius 2 is 1.73 bits per heavy atom. The Hall–Kier alpha value is -1.76. The molecule has 0 spiro atoms. The molecule has 0 bridgehead atoms. The number of carbonyl (C=O) groups is 2. The molecule has 2 amide bonds. The smallest absolute Gasteiger partial charge is 0.261 e. The number of nitrogens with zero attached hydrogens (tertiary/aromatic N) is 1. The van der Waals surface area contributed by atoms with Gasteiger partial charge in [-0.3, -0.25) is 9.59 Å². The van der Waals surface area contributed by atoms with Gasteiger partial charge in [-0.2, -0.15) is 0 Å². The second kappa shape index (κ2) is 12.6. The third-order valence-corrected chi connectivity index (χ3v) is 7.14. The zero-order valence-corrected chi connectivity index (χ0v) is 21.8. The van der Waals surface area contributed by atoms with Crippen LogP contribution in [0.3, 0.4) is 0 Å². The number of carbonyl (C=O) groups excluding carboxylic acids is 2. The number of hydrogen-bond acceptors (Lipinski definition) is 3. The highest BCUT2D eigenvalue weighted by molar-refractivity contribution is 9.10. The fraction of sp³-hybridized carbons (Fsp3) is 0.440. The summed E-state index contributed by atoms with van der Waals surface area (Å²) in [4.78, 5) is 28.1. The molecule has 5 nitrogen and oxygen atoms in total. The summed E-state index contributed by atoms with van der Waals surface area (Å²) in [5, 5.41) is 4.07. The highest BCUT2D eigenvalue weighted by Crippen LogP contribution is 2.27. The van der Waals surface area contributed by atoms with Gasteiger partial charge in [-0.1, -0.05) is 71.4 Å². The summed E-state index contributed by atoms with van der Waals surface area (Å²) in [7, 11) is 0. The predicted octanol–water partition coefficient (Wildman–Crippen LogP) is 6.39. The van der Waals surface area contributed by atoms with E-state index in [9.17, 15) is 9.59 Å². The van der Waals surface area contributed by atoms with Crippen molar-refractivity contribution in [1.29, 1.82) is 0 Å². The predicted molar refractivity (Wildman–Crippen MR) is 136 cm³/mol. The normalized spacial score (nSPS) is 15.0. The van der Waals surface area contributed by atoms with Crippen molar-refractivity contribution in [3.8, 4) is 5.75 Å². The molecule has 1 aliphatic carbocycles. The van der Waals surface area contributed by atoms with Gasteiger partial charge in [0.2, 0.25) is 5.91 Å². The maximum absolute atomic E-state index is 13.3. The Kier molecular flexibility index (Phi) is 9.90. The molecule has 1 fully saturated rings. The van der Waals surface area contributed by atoms with E-state index in [0.717, 1.165) is 30.2 Å². The van der Waals surface area contributed by atoms with E-state index >= 15 is 0 Å². The summed E-state index contributed by atoms with van der Waals surface area (Å²) in [5.41, 5.74) is 0.613. The number of hydrogen-bond donors (Lipinski definition) is 1. The first kappa shape index (κ1) is 25.9. The van der Waals surface area contributed by atoms with Crippen molar-refractivity contribution in [1.82, 2.24) is 10.2 Å². The first-order valence-corrected chi connectivity index (χ1v) is 12.8. The zero-order chi connectivity index (χ0) is 23.8. The topological polar surface area (TPSA) is 58.6 Å². The molecule has 8 heteroatoms. The van der Waals surface area contributed by atoms with E-state index in [0.29, 0.717) is 27.8 Å². The molecule has 0 saturated heterocycles. The van der Waals surface area contributed by atoms with Gasteiger partial charge in [-0.15, -0.1) is 0 Å². The Balaban J connectivity index is 1.79. The van der Waals surface area contributed by atoms with Crippen molar-refractivity contribution in [2.75, 3.05) is 6.61 Å². The second-order valence-corrected chi connectivity index (χ2v) is 9.96. The molecule has 0 aromatic heterocycles. The molecule has 1 saturated carbocycles. The Labute approximate surface area is 213 Å². The lowest BCUT2D eigenvalue weighted by atomic mass is 9.95. The summed E-state index contributed by atoms with van der Waals surface area (Å²) in [6.45, 7) is 1.82. The van der Waals surface area contributed by atoms with Crippen LogP contribution in [0.15, 0.2) is 46.9 Å². The number of nitrogens with one attached hydrogen (secondary N) is 1. The Morgan fingerprint density at radius 1 is 1.09 bits per heavy atom. The van der Waals surface area contributed by atoms with Crippen LogP contribution in [0.5, 0.6) is 5.75 Å². The van der Waals surface area contributed by atoms with Gasteiger partial charge in [-0.25, -0.2) is 0 Å². The van der Waals surface area contributed by atoms with Crippen LogP contribution in [-0.4, -0.2) is 35.4 Å². The van der Waals surface area contributed by atoms with E-state index in [4.69, 9.17) is 27.9 Å². The standard InChI is InChI=1S/C25H29BrCl2N2O3/c1-2-23(25(32)29-18-7-4-3-5-8-18)30(15-20-21(27)9-6-10-22(20)28)24(31)16-33-19-13-11-17(26)12-14-19/h6,9-14,18,23H,2-5,7-8,15-16H2,1H3,(H,29,32)/t23-/m1/s1. The molecule has 1 aliphatic rings. The zero-order valence-electron chi connectivity index (χ0n) is 18.7.